The average molecular weight is 390 g/mol. The minimum absolute atomic E-state index is 0.0170. The molecular weight excluding hydrogens is 368 g/mol. The van der Waals surface area contributed by atoms with Crippen LogP contribution in [-0.2, 0) is 32.1 Å². The number of alkyl carbamates (subject to hydrolysis) is 1. The monoisotopic (exact) mass is 390 g/mol. The lowest BCUT2D eigenvalue weighted by atomic mass is 10.1. The van der Waals surface area contributed by atoms with Gasteiger partial charge in [0.25, 0.3) is 5.91 Å². The van der Waals surface area contributed by atoms with Gasteiger partial charge >= 0.3 is 12.1 Å². The maximum absolute atomic E-state index is 11.8. The molecule has 2 amide bonds. The van der Waals surface area contributed by atoms with Gasteiger partial charge in [0.05, 0.1) is 24.3 Å². The fourth-order valence-electron chi connectivity index (χ4n) is 2.25. The van der Waals surface area contributed by atoms with E-state index in [1.54, 1.807) is 31.2 Å². The Kier molecular flexibility index (Phi) is 7.55. The van der Waals surface area contributed by atoms with Crippen molar-refractivity contribution in [1.29, 1.82) is 0 Å². The number of imide groups is 1. The molecule has 150 valence electrons. The molecule has 0 unspecified atom stereocenters. The second kappa shape index (κ2) is 10.1. The van der Waals surface area contributed by atoms with Crippen molar-refractivity contribution in [3.63, 3.8) is 0 Å². The Morgan fingerprint density at radius 3 is 2.43 bits per heavy atom. The number of benzene rings is 1. The third-order valence-corrected chi connectivity index (χ3v) is 3.72. The molecule has 0 spiro atoms. The molecule has 0 radical (unpaired) electrons. The molecule has 1 aromatic carbocycles. The Bertz CT molecular complexity index is 808. The first-order valence-electron chi connectivity index (χ1n) is 8.64. The Hall–Kier alpha value is -3.36. The van der Waals surface area contributed by atoms with E-state index in [0.29, 0.717) is 23.7 Å². The lowest BCUT2D eigenvalue weighted by Gasteiger charge is -2.08. The summed E-state index contributed by atoms with van der Waals surface area (Å²) >= 11 is 0. The van der Waals surface area contributed by atoms with Gasteiger partial charge in [0.2, 0.25) is 0 Å². The van der Waals surface area contributed by atoms with E-state index in [1.807, 2.05) is 19.2 Å². The zero-order valence-corrected chi connectivity index (χ0v) is 15.9. The van der Waals surface area contributed by atoms with Gasteiger partial charge in [0, 0.05) is 0 Å². The van der Waals surface area contributed by atoms with Crippen molar-refractivity contribution in [2.75, 3.05) is 13.2 Å². The van der Waals surface area contributed by atoms with Gasteiger partial charge < -0.3 is 18.7 Å². The summed E-state index contributed by atoms with van der Waals surface area (Å²) < 4.78 is 20.2. The molecule has 9 heteroatoms. The third-order valence-electron chi connectivity index (χ3n) is 3.72. The first kappa shape index (κ1) is 20.9. The smallest absolute Gasteiger partial charge is 0.413 e. The number of nitrogens with one attached hydrogen (secondary N) is 1. The van der Waals surface area contributed by atoms with E-state index in [2.05, 4.69) is 9.89 Å². The normalized spacial score (nSPS) is 10.2. The van der Waals surface area contributed by atoms with E-state index >= 15 is 0 Å². The van der Waals surface area contributed by atoms with Crippen LogP contribution in [0.4, 0.5) is 4.79 Å². The van der Waals surface area contributed by atoms with Crippen LogP contribution in [0, 0.1) is 13.8 Å². The summed E-state index contributed by atoms with van der Waals surface area (Å²) in [5.41, 5.74) is 2.37. The summed E-state index contributed by atoms with van der Waals surface area (Å²) in [7, 11) is 0. The van der Waals surface area contributed by atoms with Crippen molar-refractivity contribution in [3.8, 4) is 5.75 Å². The third kappa shape index (κ3) is 6.42. The molecule has 0 fully saturated rings. The maximum atomic E-state index is 11.8. The van der Waals surface area contributed by atoms with Crippen LogP contribution in [0.5, 0.6) is 5.75 Å². The topological polar surface area (TPSA) is 117 Å². The Morgan fingerprint density at radius 1 is 1.11 bits per heavy atom. The van der Waals surface area contributed by atoms with Crippen molar-refractivity contribution in [3.05, 3.63) is 46.8 Å². The predicted octanol–water partition coefficient (Wildman–Crippen LogP) is 2.23. The summed E-state index contributed by atoms with van der Waals surface area (Å²) in [4.78, 5) is 34.3. The fraction of sp³-hybridized carbons (Fsp3) is 0.368. The van der Waals surface area contributed by atoms with Crippen LogP contribution in [0.25, 0.3) is 0 Å². The van der Waals surface area contributed by atoms with Crippen molar-refractivity contribution in [2.45, 2.75) is 33.8 Å². The number of amides is 2. The maximum Gasteiger partial charge on any atom is 0.413 e. The van der Waals surface area contributed by atoms with Crippen LogP contribution in [0.3, 0.4) is 0 Å². The lowest BCUT2D eigenvalue weighted by Crippen LogP contribution is -2.34. The fourth-order valence-corrected chi connectivity index (χ4v) is 2.25. The molecule has 2 aromatic rings. The van der Waals surface area contributed by atoms with Crippen molar-refractivity contribution in [2.24, 2.45) is 0 Å². The molecule has 0 saturated carbocycles. The molecule has 9 nitrogen and oxygen atoms in total. The van der Waals surface area contributed by atoms with Gasteiger partial charge in [-0.2, -0.15) is 0 Å². The SMILES string of the molecule is CCOC(=O)NC(=O)COC(=O)Cc1ccc(OCc2c(C)noc2C)cc1. The summed E-state index contributed by atoms with van der Waals surface area (Å²) in [6, 6.07) is 6.91. The molecule has 28 heavy (non-hydrogen) atoms. The van der Waals surface area contributed by atoms with Crippen LogP contribution in [0.2, 0.25) is 0 Å². The zero-order valence-electron chi connectivity index (χ0n) is 15.9. The average Bonchev–Trinajstić information content (AvgIpc) is 2.97. The second-order valence-corrected chi connectivity index (χ2v) is 5.84. The number of rotatable bonds is 8. The first-order chi connectivity index (χ1) is 13.4. The molecule has 1 aromatic heterocycles. The van der Waals surface area contributed by atoms with Gasteiger partial charge in [-0.15, -0.1) is 0 Å². The molecule has 0 atom stereocenters. The molecule has 1 N–H and O–H groups in total. The van der Waals surface area contributed by atoms with E-state index < -0.39 is 24.6 Å². The van der Waals surface area contributed by atoms with Gasteiger partial charge in [-0.25, -0.2) is 4.79 Å². The zero-order chi connectivity index (χ0) is 20.5. The number of ether oxygens (including phenoxy) is 3. The van der Waals surface area contributed by atoms with E-state index in [4.69, 9.17) is 14.0 Å². The van der Waals surface area contributed by atoms with Crippen molar-refractivity contribution in [1.82, 2.24) is 10.5 Å². The van der Waals surface area contributed by atoms with Gasteiger partial charge in [-0.3, -0.25) is 14.9 Å². The number of carbonyl (C=O) groups is 3. The molecule has 0 aliphatic rings. The van der Waals surface area contributed by atoms with Gasteiger partial charge in [-0.05, 0) is 38.5 Å². The molecule has 1 heterocycles. The van der Waals surface area contributed by atoms with Crippen LogP contribution in [0.1, 0.15) is 29.5 Å². The number of hydrogen-bond acceptors (Lipinski definition) is 8. The van der Waals surface area contributed by atoms with Gasteiger partial charge in [0.1, 0.15) is 18.1 Å². The minimum atomic E-state index is -0.879. The van der Waals surface area contributed by atoms with E-state index in [1.165, 1.54) is 0 Å². The molecule has 0 aliphatic carbocycles. The highest BCUT2D eigenvalue weighted by Gasteiger charge is 2.12. The lowest BCUT2D eigenvalue weighted by molar-refractivity contribution is -0.147. The molecule has 0 saturated heterocycles. The number of carbonyl (C=O) groups excluding carboxylic acids is 3. The van der Waals surface area contributed by atoms with E-state index in [-0.39, 0.29) is 13.0 Å². The molecule has 2 rings (SSSR count). The standard InChI is InChI=1S/C19H22N2O7/c1-4-25-19(24)20-17(22)11-27-18(23)9-14-5-7-15(8-6-14)26-10-16-12(2)21-28-13(16)3/h5-8H,4,9-11H2,1-3H3,(H,20,22,24). The molecular formula is C19H22N2O7. The van der Waals surface area contributed by atoms with Crippen LogP contribution >= 0.6 is 0 Å². The highest BCUT2D eigenvalue weighted by Crippen LogP contribution is 2.18. The largest absolute Gasteiger partial charge is 0.489 e. The number of nitrogens with zero attached hydrogens (tertiary/aromatic N) is 1. The minimum Gasteiger partial charge on any atom is -0.489 e. The number of aromatic nitrogens is 1. The summed E-state index contributed by atoms with van der Waals surface area (Å²) in [5, 5.41) is 5.81. The highest BCUT2D eigenvalue weighted by atomic mass is 16.6. The predicted molar refractivity (Wildman–Crippen MR) is 96.6 cm³/mol. The van der Waals surface area contributed by atoms with Crippen LogP contribution in [-0.4, -0.2) is 36.3 Å². The van der Waals surface area contributed by atoms with Crippen LogP contribution < -0.4 is 10.1 Å². The summed E-state index contributed by atoms with van der Waals surface area (Å²) in [6.45, 7) is 5.18. The number of aryl methyl sites for hydroxylation is 2. The Morgan fingerprint density at radius 2 is 1.82 bits per heavy atom. The van der Waals surface area contributed by atoms with Crippen LogP contribution in [0.15, 0.2) is 28.8 Å². The summed E-state index contributed by atoms with van der Waals surface area (Å²) in [5.74, 6) is -0.00643. The van der Waals surface area contributed by atoms with E-state index in [9.17, 15) is 14.4 Å². The molecule has 0 bridgehead atoms. The van der Waals surface area contributed by atoms with Crippen molar-refractivity contribution < 1.29 is 33.1 Å². The first-order valence-corrected chi connectivity index (χ1v) is 8.64. The van der Waals surface area contributed by atoms with Gasteiger partial charge in [-0.1, -0.05) is 17.3 Å². The number of hydrogen-bond donors (Lipinski definition) is 1. The highest BCUT2D eigenvalue weighted by molar-refractivity contribution is 5.93. The number of esters is 1. The molecule has 0 aliphatic heterocycles. The quantitative estimate of drug-likeness (QED) is 0.682. The summed E-state index contributed by atoms with van der Waals surface area (Å²) in [6.07, 6.45) is -0.896. The van der Waals surface area contributed by atoms with Gasteiger partial charge in [0.15, 0.2) is 6.61 Å². The Balaban J connectivity index is 1.76. The second-order valence-electron chi connectivity index (χ2n) is 5.84. The van der Waals surface area contributed by atoms with Crippen molar-refractivity contribution >= 4 is 18.0 Å². The Labute approximate surface area is 161 Å². The van der Waals surface area contributed by atoms with E-state index in [0.717, 1.165) is 11.3 Å².